The van der Waals surface area contributed by atoms with E-state index in [1.165, 1.54) is 0 Å². The number of aliphatic imine (C=N–C) groups is 1. The van der Waals surface area contributed by atoms with Crippen LogP contribution in [-0.4, -0.2) is 11.7 Å². The Labute approximate surface area is 113 Å². The molecule has 0 radical (unpaired) electrons. The first-order valence-electron chi connectivity index (χ1n) is 6.83. The van der Waals surface area contributed by atoms with Crippen molar-refractivity contribution in [1.82, 2.24) is 0 Å². The molecule has 3 heteroatoms. The van der Waals surface area contributed by atoms with Crippen LogP contribution < -0.4 is 0 Å². The average Bonchev–Trinajstić information content (AvgIpc) is 2.78. The number of carbonyl (C=O) groups excluding carboxylic acids is 1. The molecule has 0 amide bonds. The first-order valence-corrected chi connectivity index (χ1v) is 6.83. The highest BCUT2D eigenvalue weighted by Crippen LogP contribution is 2.44. The van der Waals surface area contributed by atoms with Crippen LogP contribution in [0.5, 0.6) is 0 Å². The lowest BCUT2D eigenvalue weighted by molar-refractivity contribution is 0.215. The summed E-state index contributed by atoms with van der Waals surface area (Å²) in [5.74, 6) is 0. The molecule has 1 aromatic rings. The molecule has 0 heterocycles. The van der Waals surface area contributed by atoms with Crippen molar-refractivity contribution in [3.8, 4) is 0 Å². The lowest BCUT2D eigenvalue weighted by Gasteiger charge is -2.27. The zero-order valence-electron chi connectivity index (χ0n) is 11.6. The van der Waals surface area contributed by atoms with Gasteiger partial charge in [0.1, 0.15) is 5.67 Å². The summed E-state index contributed by atoms with van der Waals surface area (Å²) in [5, 5.41) is 0. The number of nitrogens with zero attached hydrogens (tertiary/aromatic N) is 1. The fraction of sp³-hybridized carbons (Fsp3) is 0.562. The van der Waals surface area contributed by atoms with Gasteiger partial charge in [-0.1, -0.05) is 37.1 Å². The minimum atomic E-state index is -1.26. The topological polar surface area (TPSA) is 29.4 Å². The van der Waals surface area contributed by atoms with Crippen LogP contribution in [0.15, 0.2) is 29.3 Å². The number of isocyanates is 1. The van der Waals surface area contributed by atoms with Crippen molar-refractivity contribution in [2.45, 2.75) is 57.2 Å². The largest absolute Gasteiger partial charge is 0.244 e. The number of halogens is 1. The van der Waals surface area contributed by atoms with Gasteiger partial charge in [-0.2, -0.15) is 4.99 Å². The number of rotatable bonds is 4. The van der Waals surface area contributed by atoms with Crippen LogP contribution in [0.3, 0.4) is 0 Å². The molecule has 1 fully saturated rings. The van der Waals surface area contributed by atoms with Crippen molar-refractivity contribution in [2.75, 3.05) is 0 Å². The van der Waals surface area contributed by atoms with E-state index in [0.717, 1.165) is 36.8 Å². The van der Waals surface area contributed by atoms with Gasteiger partial charge in [0.15, 0.2) is 0 Å². The Morgan fingerprint density at radius 1 is 1.32 bits per heavy atom. The molecule has 2 nitrogen and oxygen atoms in total. The van der Waals surface area contributed by atoms with E-state index in [4.69, 9.17) is 0 Å². The lowest BCUT2D eigenvalue weighted by Crippen LogP contribution is -2.24. The maximum Gasteiger partial charge on any atom is 0.235 e. The SMILES string of the molecule is CC(C)(F)Cc1ccccc1C1(N=C=O)CCCC1. The van der Waals surface area contributed by atoms with E-state index in [-0.39, 0.29) is 0 Å². The zero-order valence-corrected chi connectivity index (χ0v) is 11.6. The Balaban J connectivity index is 2.46. The molecule has 0 unspecified atom stereocenters. The van der Waals surface area contributed by atoms with Crippen LogP contribution in [0, 0.1) is 0 Å². The van der Waals surface area contributed by atoms with E-state index in [9.17, 15) is 9.18 Å². The molecule has 0 spiro atoms. The maximum absolute atomic E-state index is 13.9. The minimum Gasteiger partial charge on any atom is -0.244 e. The molecule has 1 aromatic carbocycles. The maximum atomic E-state index is 13.9. The summed E-state index contributed by atoms with van der Waals surface area (Å²) in [6.07, 6.45) is 5.88. The Hall–Kier alpha value is -1.47. The van der Waals surface area contributed by atoms with Gasteiger partial charge in [0.05, 0.1) is 5.54 Å². The Kier molecular flexibility index (Phi) is 3.86. The van der Waals surface area contributed by atoms with E-state index in [1.807, 2.05) is 24.3 Å². The predicted octanol–water partition coefficient (Wildman–Crippen LogP) is 4.08. The fourth-order valence-electron chi connectivity index (χ4n) is 3.07. The van der Waals surface area contributed by atoms with Crippen molar-refractivity contribution in [1.29, 1.82) is 0 Å². The van der Waals surface area contributed by atoms with Gasteiger partial charge in [-0.05, 0) is 37.8 Å². The number of benzene rings is 1. The summed E-state index contributed by atoms with van der Waals surface area (Å²) in [4.78, 5) is 14.9. The Bertz CT molecular complexity index is 492. The minimum absolute atomic E-state index is 0.347. The molecule has 0 saturated heterocycles. The molecule has 0 bridgehead atoms. The quantitative estimate of drug-likeness (QED) is 0.593. The van der Waals surface area contributed by atoms with Gasteiger partial charge in [0, 0.05) is 6.42 Å². The average molecular weight is 261 g/mol. The van der Waals surface area contributed by atoms with Crippen molar-refractivity contribution >= 4 is 6.08 Å². The Morgan fingerprint density at radius 2 is 1.95 bits per heavy atom. The van der Waals surface area contributed by atoms with Crippen LogP contribution in [0.2, 0.25) is 0 Å². The molecule has 0 atom stereocenters. The van der Waals surface area contributed by atoms with Gasteiger partial charge in [0.25, 0.3) is 0 Å². The van der Waals surface area contributed by atoms with E-state index in [1.54, 1.807) is 19.9 Å². The van der Waals surface area contributed by atoms with Gasteiger partial charge < -0.3 is 0 Å². The summed E-state index contributed by atoms with van der Waals surface area (Å²) in [7, 11) is 0. The second kappa shape index (κ2) is 5.26. The van der Waals surface area contributed by atoms with Crippen molar-refractivity contribution in [3.63, 3.8) is 0 Å². The van der Waals surface area contributed by atoms with E-state index in [2.05, 4.69) is 4.99 Å². The smallest absolute Gasteiger partial charge is 0.235 e. The summed E-state index contributed by atoms with van der Waals surface area (Å²) < 4.78 is 13.9. The van der Waals surface area contributed by atoms with Crippen LogP contribution in [-0.2, 0) is 16.8 Å². The third-order valence-corrected chi connectivity index (χ3v) is 3.82. The molecule has 1 saturated carbocycles. The van der Waals surface area contributed by atoms with Gasteiger partial charge in [-0.25, -0.2) is 9.18 Å². The van der Waals surface area contributed by atoms with Gasteiger partial charge >= 0.3 is 0 Å². The number of hydrogen-bond donors (Lipinski definition) is 0. The van der Waals surface area contributed by atoms with E-state index in [0.29, 0.717) is 6.42 Å². The standard InChI is InChI=1S/C16H20FNO/c1-15(2,17)11-13-7-3-4-8-14(13)16(18-12-19)9-5-6-10-16/h3-4,7-8H,5-6,9-11H2,1-2H3. The van der Waals surface area contributed by atoms with Crippen LogP contribution in [0.1, 0.15) is 50.7 Å². The molecular formula is C16H20FNO. The fourth-order valence-corrected chi connectivity index (χ4v) is 3.07. The summed E-state index contributed by atoms with van der Waals surface area (Å²) >= 11 is 0. The van der Waals surface area contributed by atoms with Crippen LogP contribution in [0.4, 0.5) is 4.39 Å². The molecular weight excluding hydrogens is 241 g/mol. The number of alkyl halides is 1. The van der Waals surface area contributed by atoms with Crippen molar-refractivity contribution in [2.24, 2.45) is 4.99 Å². The monoisotopic (exact) mass is 261 g/mol. The second-order valence-corrected chi connectivity index (χ2v) is 5.99. The predicted molar refractivity (Wildman–Crippen MR) is 73.6 cm³/mol. The van der Waals surface area contributed by atoms with Crippen molar-refractivity contribution < 1.29 is 9.18 Å². The highest BCUT2D eigenvalue weighted by atomic mass is 19.1. The molecule has 2 rings (SSSR count). The van der Waals surface area contributed by atoms with Crippen molar-refractivity contribution in [3.05, 3.63) is 35.4 Å². The number of hydrogen-bond acceptors (Lipinski definition) is 2. The molecule has 0 N–H and O–H groups in total. The molecule has 19 heavy (non-hydrogen) atoms. The highest BCUT2D eigenvalue weighted by Gasteiger charge is 2.37. The summed E-state index contributed by atoms with van der Waals surface area (Å²) in [6, 6.07) is 7.77. The lowest BCUT2D eigenvalue weighted by atomic mass is 9.83. The summed E-state index contributed by atoms with van der Waals surface area (Å²) in [5.41, 5.74) is 0.224. The first-order chi connectivity index (χ1) is 8.97. The molecule has 102 valence electrons. The van der Waals surface area contributed by atoms with Gasteiger partial charge in [-0.3, -0.25) is 0 Å². The normalized spacial score (nSPS) is 18.1. The van der Waals surface area contributed by atoms with E-state index >= 15 is 0 Å². The van der Waals surface area contributed by atoms with Crippen LogP contribution in [0.25, 0.3) is 0 Å². The van der Waals surface area contributed by atoms with Gasteiger partial charge in [-0.15, -0.1) is 0 Å². The molecule has 0 aromatic heterocycles. The molecule has 1 aliphatic rings. The van der Waals surface area contributed by atoms with Gasteiger partial charge in [0.2, 0.25) is 6.08 Å². The second-order valence-electron chi connectivity index (χ2n) is 5.99. The molecule has 0 aliphatic heterocycles. The third kappa shape index (κ3) is 3.10. The first kappa shape index (κ1) is 14.0. The Morgan fingerprint density at radius 3 is 2.53 bits per heavy atom. The van der Waals surface area contributed by atoms with E-state index < -0.39 is 11.2 Å². The third-order valence-electron chi connectivity index (χ3n) is 3.82. The molecule has 1 aliphatic carbocycles. The zero-order chi connectivity index (χ0) is 13.9. The van der Waals surface area contributed by atoms with Crippen LogP contribution >= 0.6 is 0 Å². The summed E-state index contributed by atoms with van der Waals surface area (Å²) in [6.45, 7) is 3.15. The highest BCUT2D eigenvalue weighted by molar-refractivity contribution is 5.42.